The Hall–Kier alpha value is -1.67. The molecule has 0 amide bonds. The van der Waals surface area contributed by atoms with Gasteiger partial charge in [-0.05, 0) is 57.8 Å². The molecule has 0 radical (unpaired) electrons. The molecule has 1 rings (SSSR count). The second-order valence-corrected chi connectivity index (χ2v) is 16.6. The fraction of sp³-hybridized carbons (Fsp3) is 0.857. The van der Waals surface area contributed by atoms with Gasteiger partial charge in [0.2, 0.25) is 0 Å². The van der Waals surface area contributed by atoms with E-state index in [0.717, 1.165) is 64.2 Å². The third kappa shape index (κ3) is 25.6. The molecule has 14 heteroatoms. The number of hydrogen-bond acceptors (Lipinski definition) is 12. The van der Waals surface area contributed by atoms with Crippen molar-refractivity contribution < 1.29 is 63.1 Å². The molecular weight excluding hydrogens is 743 g/mol. The van der Waals surface area contributed by atoms with Crippen molar-refractivity contribution in [2.24, 2.45) is 0 Å². The summed E-state index contributed by atoms with van der Waals surface area (Å²) in [6.07, 6.45) is 21.0. The second kappa shape index (κ2) is 33.2. The van der Waals surface area contributed by atoms with Gasteiger partial charge in [0.1, 0.15) is 43.2 Å². The molecule has 1 aliphatic carbocycles. The topological polar surface area (TPSA) is 210 Å². The van der Waals surface area contributed by atoms with Crippen molar-refractivity contribution in [2.75, 3.05) is 13.2 Å². The van der Waals surface area contributed by atoms with E-state index in [1.165, 1.54) is 70.6 Å². The average Bonchev–Trinajstić information content (AvgIpc) is 3.18. The van der Waals surface area contributed by atoms with E-state index in [0.29, 0.717) is 12.8 Å². The molecule has 0 heterocycles. The van der Waals surface area contributed by atoms with Crippen LogP contribution in [0.2, 0.25) is 0 Å². The Kier molecular flexibility index (Phi) is 31.0. The highest BCUT2D eigenvalue weighted by atomic mass is 31.2. The van der Waals surface area contributed by atoms with Gasteiger partial charge in [0.25, 0.3) is 0 Å². The van der Waals surface area contributed by atoms with E-state index in [4.69, 9.17) is 18.5 Å². The van der Waals surface area contributed by atoms with Gasteiger partial charge in [0, 0.05) is 12.8 Å². The highest BCUT2D eigenvalue weighted by Crippen LogP contribution is 2.47. The van der Waals surface area contributed by atoms with E-state index < -0.39 is 75.7 Å². The molecule has 0 aromatic carbocycles. The summed E-state index contributed by atoms with van der Waals surface area (Å²) in [5.74, 6) is -1.11. The minimum absolute atomic E-state index is 0.0874. The smallest absolute Gasteiger partial charge is 0.462 e. The van der Waals surface area contributed by atoms with Gasteiger partial charge in [0.05, 0.1) is 6.61 Å². The van der Waals surface area contributed by atoms with E-state index in [9.17, 15) is 44.6 Å². The summed E-state index contributed by atoms with van der Waals surface area (Å²) in [7, 11) is -5.11. The highest BCUT2D eigenvalue weighted by Gasteiger charge is 2.51. The van der Waals surface area contributed by atoms with Crippen molar-refractivity contribution in [3.63, 3.8) is 0 Å². The molecule has 328 valence electrons. The Bertz CT molecular complexity index is 1090. The molecule has 0 saturated heterocycles. The van der Waals surface area contributed by atoms with Gasteiger partial charge in [-0.15, -0.1) is 0 Å². The van der Waals surface area contributed by atoms with Crippen LogP contribution in [0, 0.1) is 0 Å². The third-order valence-electron chi connectivity index (χ3n) is 10.0. The summed E-state index contributed by atoms with van der Waals surface area (Å²) in [6, 6.07) is 0. The van der Waals surface area contributed by atoms with Crippen molar-refractivity contribution in [2.45, 2.75) is 217 Å². The molecule has 0 aliphatic heterocycles. The van der Waals surface area contributed by atoms with Gasteiger partial charge < -0.3 is 39.9 Å². The SMILES string of the molecule is CCCC/C=C/CCCCCCCCCCCC(=O)OC[C@@H](COP(=O)(O)OC1C(O)C(O)C(O)[C@H](O)C1O)OC(=O)CCCCCCC/C=C/CCCCC. The lowest BCUT2D eigenvalue weighted by molar-refractivity contribution is -0.220. The van der Waals surface area contributed by atoms with Gasteiger partial charge in [-0.3, -0.25) is 18.6 Å². The summed E-state index contributed by atoms with van der Waals surface area (Å²) in [4.78, 5) is 35.6. The largest absolute Gasteiger partial charge is 0.472 e. The maximum atomic E-state index is 12.8. The zero-order chi connectivity index (χ0) is 41.4. The Morgan fingerprint density at radius 3 is 1.41 bits per heavy atom. The Balaban J connectivity index is 2.49. The number of phosphoric ester groups is 1. The number of phosphoric acid groups is 1. The minimum atomic E-state index is -5.11. The maximum absolute atomic E-state index is 12.8. The number of carbonyl (C=O) groups excluding carboxylic acids is 2. The first kappa shape index (κ1) is 52.3. The van der Waals surface area contributed by atoms with Crippen molar-refractivity contribution in [3.05, 3.63) is 24.3 Å². The van der Waals surface area contributed by atoms with E-state index in [2.05, 4.69) is 38.2 Å². The number of aliphatic hydroxyl groups excluding tert-OH is 5. The molecule has 6 N–H and O–H groups in total. The molecule has 13 nitrogen and oxygen atoms in total. The van der Waals surface area contributed by atoms with Gasteiger partial charge in [-0.2, -0.15) is 0 Å². The van der Waals surface area contributed by atoms with Gasteiger partial charge in [0.15, 0.2) is 6.10 Å². The number of allylic oxidation sites excluding steroid dienone is 4. The number of ether oxygens (including phenoxy) is 2. The highest BCUT2D eigenvalue weighted by molar-refractivity contribution is 7.47. The van der Waals surface area contributed by atoms with Crippen molar-refractivity contribution in [1.82, 2.24) is 0 Å². The number of carbonyl (C=O) groups is 2. The first-order valence-corrected chi connectivity index (χ1v) is 23.1. The third-order valence-corrected chi connectivity index (χ3v) is 11.0. The number of hydrogen-bond donors (Lipinski definition) is 6. The summed E-state index contributed by atoms with van der Waals surface area (Å²) in [5, 5.41) is 50.0. The maximum Gasteiger partial charge on any atom is 0.472 e. The fourth-order valence-corrected chi connectivity index (χ4v) is 7.41. The number of rotatable bonds is 35. The molecule has 56 heavy (non-hydrogen) atoms. The normalized spacial score (nSPS) is 23.1. The zero-order valence-electron chi connectivity index (χ0n) is 34.4. The Morgan fingerprint density at radius 1 is 0.536 bits per heavy atom. The fourth-order valence-electron chi connectivity index (χ4n) is 6.44. The van der Waals surface area contributed by atoms with E-state index in [-0.39, 0.29) is 12.8 Å². The van der Waals surface area contributed by atoms with Crippen LogP contribution in [-0.2, 0) is 32.7 Å². The van der Waals surface area contributed by atoms with Crippen LogP contribution in [0.15, 0.2) is 24.3 Å². The summed E-state index contributed by atoms with van der Waals surface area (Å²) >= 11 is 0. The number of aliphatic hydroxyl groups is 5. The van der Waals surface area contributed by atoms with Crippen LogP contribution in [0.1, 0.15) is 174 Å². The summed E-state index contributed by atoms with van der Waals surface area (Å²) in [6.45, 7) is 3.22. The predicted molar refractivity (Wildman–Crippen MR) is 217 cm³/mol. The average molecular weight is 821 g/mol. The molecule has 1 saturated carbocycles. The summed E-state index contributed by atoms with van der Waals surface area (Å²) < 4.78 is 33.4. The quantitative estimate of drug-likeness (QED) is 0.0157. The molecular formula is C42H77O13P. The first-order valence-electron chi connectivity index (χ1n) is 21.6. The molecule has 0 spiro atoms. The monoisotopic (exact) mass is 821 g/mol. The standard InChI is InChI=1S/C42H77O13P/c1-3-5-7-9-11-13-15-17-18-19-21-22-24-26-28-30-35(43)52-32-34(54-36(44)31-29-27-25-23-20-16-14-12-10-8-6-4-2)33-53-56(50,51)55-42-40(48)38(46)37(45)39(47)41(42)49/h9,11-12,14,34,37-42,45-49H,3-8,10,13,15-33H2,1-2H3,(H,50,51)/b11-9+,14-12+/t34-,37?,38-,39?,40?,41?,42?/m0/s1. The van der Waals surface area contributed by atoms with Crippen LogP contribution < -0.4 is 0 Å². The lowest BCUT2D eigenvalue weighted by Gasteiger charge is -2.41. The molecule has 8 atom stereocenters. The summed E-state index contributed by atoms with van der Waals surface area (Å²) in [5.41, 5.74) is 0. The van der Waals surface area contributed by atoms with Crippen molar-refractivity contribution in [1.29, 1.82) is 0 Å². The van der Waals surface area contributed by atoms with Gasteiger partial charge >= 0.3 is 19.8 Å². The predicted octanol–water partition coefficient (Wildman–Crippen LogP) is 7.67. The Morgan fingerprint density at radius 2 is 0.929 bits per heavy atom. The molecule has 0 bridgehead atoms. The first-order chi connectivity index (χ1) is 26.9. The van der Waals surface area contributed by atoms with E-state index in [1.807, 2.05) is 0 Å². The van der Waals surface area contributed by atoms with Crippen LogP contribution >= 0.6 is 7.82 Å². The van der Waals surface area contributed by atoms with Crippen LogP contribution in [0.4, 0.5) is 0 Å². The van der Waals surface area contributed by atoms with Gasteiger partial charge in [-0.25, -0.2) is 4.57 Å². The van der Waals surface area contributed by atoms with Crippen LogP contribution in [0.5, 0.6) is 0 Å². The van der Waals surface area contributed by atoms with Crippen LogP contribution in [0.25, 0.3) is 0 Å². The van der Waals surface area contributed by atoms with E-state index >= 15 is 0 Å². The van der Waals surface area contributed by atoms with Gasteiger partial charge in [-0.1, -0.05) is 128 Å². The molecule has 1 aliphatic rings. The van der Waals surface area contributed by atoms with Crippen molar-refractivity contribution >= 4 is 19.8 Å². The molecule has 6 unspecified atom stereocenters. The number of esters is 2. The van der Waals surface area contributed by atoms with E-state index in [1.54, 1.807) is 0 Å². The molecule has 1 fully saturated rings. The minimum Gasteiger partial charge on any atom is -0.462 e. The lowest BCUT2D eigenvalue weighted by atomic mass is 9.85. The Labute approximate surface area is 336 Å². The zero-order valence-corrected chi connectivity index (χ0v) is 35.3. The number of unbranched alkanes of at least 4 members (excludes halogenated alkanes) is 19. The second-order valence-electron chi connectivity index (χ2n) is 15.2. The lowest BCUT2D eigenvalue weighted by Crippen LogP contribution is -2.64. The van der Waals surface area contributed by atoms with Crippen LogP contribution in [-0.4, -0.2) is 98.3 Å². The van der Waals surface area contributed by atoms with Crippen LogP contribution in [0.3, 0.4) is 0 Å². The van der Waals surface area contributed by atoms with Crippen molar-refractivity contribution in [3.8, 4) is 0 Å². The molecule has 0 aromatic rings. The molecule has 0 aromatic heterocycles.